The molecule has 3 heterocycles. The predicted molar refractivity (Wildman–Crippen MR) is 158 cm³/mol. The minimum Gasteiger partial charge on any atom is -0.316 e. The standard InChI is InChI=1S/C29H31N5OS3/c1-17-25(18-9-7-6-8-10-18)22(15-36-17)26-32-33-28(34(26)5)37-16-24(35)31-27-21(14-30)20-12-11-19(29(2,3)4)13-23(20)38-27/h6-10,15,19H,11-13,16H2,1-5H3,(H,31,35). The summed E-state index contributed by atoms with van der Waals surface area (Å²) in [5.41, 5.74) is 5.35. The van der Waals surface area contributed by atoms with Crippen LogP contribution in [0.5, 0.6) is 0 Å². The molecule has 6 nitrogen and oxygen atoms in total. The summed E-state index contributed by atoms with van der Waals surface area (Å²) in [5.74, 6) is 1.41. The molecule has 9 heteroatoms. The van der Waals surface area contributed by atoms with Gasteiger partial charge in [0.1, 0.15) is 11.1 Å². The van der Waals surface area contributed by atoms with E-state index < -0.39 is 0 Å². The second-order valence-electron chi connectivity index (χ2n) is 10.8. The fraction of sp³-hybridized carbons (Fsp3) is 0.379. The monoisotopic (exact) mass is 561 g/mol. The molecular weight excluding hydrogens is 531 g/mol. The fourth-order valence-electron chi connectivity index (χ4n) is 5.08. The number of hydrogen-bond donors (Lipinski definition) is 1. The zero-order valence-corrected chi connectivity index (χ0v) is 24.7. The lowest BCUT2D eigenvalue weighted by Crippen LogP contribution is -2.26. The number of thioether (sulfide) groups is 1. The van der Waals surface area contributed by atoms with Crippen LogP contribution in [0.2, 0.25) is 0 Å². The zero-order chi connectivity index (χ0) is 27.0. The number of nitriles is 1. The molecule has 4 aromatic rings. The van der Waals surface area contributed by atoms with Crippen molar-refractivity contribution in [1.82, 2.24) is 14.8 Å². The number of amides is 1. The Morgan fingerprint density at radius 2 is 2.03 bits per heavy atom. The van der Waals surface area contributed by atoms with Crippen molar-refractivity contribution < 1.29 is 4.79 Å². The van der Waals surface area contributed by atoms with E-state index in [4.69, 9.17) is 0 Å². The summed E-state index contributed by atoms with van der Waals surface area (Å²) in [6.07, 6.45) is 2.95. The summed E-state index contributed by atoms with van der Waals surface area (Å²) in [5, 5.41) is 25.2. The van der Waals surface area contributed by atoms with Crippen molar-refractivity contribution in [3.8, 4) is 28.6 Å². The van der Waals surface area contributed by atoms with Gasteiger partial charge in [-0.3, -0.25) is 4.79 Å². The molecule has 3 aromatic heterocycles. The highest BCUT2D eigenvalue weighted by molar-refractivity contribution is 7.99. The van der Waals surface area contributed by atoms with Gasteiger partial charge in [0.2, 0.25) is 5.91 Å². The van der Waals surface area contributed by atoms with Crippen LogP contribution in [0.15, 0.2) is 40.9 Å². The van der Waals surface area contributed by atoms with Crippen LogP contribution in [0.3, 0.4) is 0 Å². The molecule has 0 fully saturated rings. The first-order valence-corrected chi connectivity index (χ1v) is 15.4. The molecule has 5 rings (SSSR count). The molecule has 1 N–H and O–H groups in total. The number of thiophene rings is 2. The van der Waals surface area contributed by atoms with Crippen molar-refractivity contribution in [2.45, 2.75) is 52.1 Å². The van der Waals surface area contributed by atoms with E-state index in [0.717, 1.165) is 41.8 Å². The number of hydrogen-bond acceptors (Lipinski definition) is 7. The van der Waals surface area contributed by atoms with Crippen molar-refractivity contribution >= 4 is 45.3 Å². The third-order valence-electron chi connectivity index (χ3n) is 7.30. The van der Waals surface area contributed by atoms with Gasteiger partial charge in [-0.05, 0) is 48.6 Å². The largest absolute Gasteiger partial charge is 0.316 e. The third-order valence-corrected chi connectivity index (χ3v) is 10.4. The van der Waals surface area contributed by atoms with E-state index in [1.165, 1.54) is 27.1 Å². The first-order valence-electron chi connectivity index (χ1n) is 12.7. The molecule has 0 aliphatic heterocycles. The van der Waals surface area contributed by atoms with Gasteiger partial charge in [0.15, 0.2) is 11.0 Å². The molecule has 1 atom stereocenters. The van der Waals surface area contributed by atoms with Crippen LogP contribution in [0.1, 0.15) is 48.1 Å². The van der Waals surface area contributed by atoms with Gasteiger partial charge < -0.3 is 9.88 Å². The Bertz CT molecular complexity index is 1520. The average molecular weight is 562 g/mol. The molecule has 0 saturated heterocycles. The van der Waals surface area contributed by atoms with Gasteiger partial charge >= 0.3 is 0 Å². The first-order chi connectivity index (χ1) is 18.2. The Morgan fingerprint density at radius 1 is 1.26 bits per heavy atom. The molecule has 0 spiro atoms. The molecule has 0 radical (unpaired) electrons. The van der Waals surface area contributed by atoms with E-state index in [2.05, 4.69) is 66.8 Å². The van der Waals surface area contributed by atoms with E-state index in [0.29, 0.717) is 21.6 Å². The van der Waals surface area contributed by atoms with Crippen LogP contribution < -0.4 is 5.32 Å². The number of fused-ring (bicyclic) bond motifs is 1. The quantitative estimate of drug-likeness (QED) is 0.249. The number of nitrogens with zero attached hydrogens (tertiary/aromatic N) is 4. The Morgan fingerprint density at radius 3 is 2.74 bits per heavy atom. The van der Waals surface area contributed by atoms with Crippen molar-refractivity contribution in [3.05, 3.63) is 56.6 Å². The number of carbonyl (C=O) groups excluding carboxylic acids is 1. The first kappa shape index (κ1) is 26.7. The van der Waals surface area contributed by atoms with Crippen LogP contribution in [0, 0.1) is 29.6 Å². The summed E-state index contributed by atoms with van der Waals surface area (Å²) >= 11 is 4.62. The topological polar surface area (TPSA) is 83.6 Å². The highest BCUT2D eigenvalue weighted by atomic mass is 32.2. The van der Waals surface area contributed by atoms with E-state index in [1.54, 1.807) is 22.7 Å². The van der Waals surface area contributed by atoms with E-state index in [9.17, 15) is 10.1 Å². The highest BCUT2D eigenvalue weighted by Gasteiger charge is 2.32. The number of aryl methyl sites for hydroxylation is 1. The third kappa shape index (κ3) is 5.18. The maximum Gasteiger partial charge on any atom is 0.235 e. The van der Waals surface area contributed by atoms with Crippen molar-refractivity contribution in [2.75, 3.05) is 11.1 Å². The average Bonchev–Trinajstić information content (AvgIpc) is 3.56. The fourth-order valence-corrected chi connectivity index (χ4v) is 7.95. The van der Waals surface area contributed by atoms with Gasteiger partial charge in [0.05, 0.1) is 11.3 Å². The van der Waals surface area contributed by atoms with E-state index in [-0.39, 0.29) is 17.1 Å². The Kier molecular flexibility index (Phi) is 7.49. The van der Waals surface area contributed by atoms with Gasteiger partial charge in [0.25, 0.3) is 0 Å². The molecule has 1 aliphatic carbocycles. The number of aromatic nitrogens is 3. The maximum atomic E-state index is 12.9. The summed E-state index contributed by atoms with van der Waals surface area (Å²) in [7, 11) is 1.93. The lowest BCUT2D eigenvalue weighted by atomic mass is 9.72. The van der Waals surface area contributed by atoms with Crippen molar-refractivity contribution in [3.63, 3.8) is 0 Å². The number of nitrogens with one attached hydrogen (secondary N) is 1. The second kappa shape index (κ2) is 10.7. The van der Waals surface area contributed by atoms with E-state index in [1.807, 2.05) is 29.8 Å². The molecule has 0 saturated carbocycles. The molecule has 38 heavy (non-hydrogen) atoms. The smallest absolute Gasteiger partial charge is 0.235 e. The zero-order valence-electron chi connectivity index (χ0n) is 22.3. The Hall–Kier alpha value is -2.93. The van der Waals surface area contributed by atoms with Crippen LogP contribution in [-0.4, -0.2) is 26.4 Å². The number of anilines is 1. The molecule has 1 amide bonds. The van der Waals surface area contributed by atoms with Crippen LogP contribution in [0.4, 0.5) is 5.00 Å². The minimum absolute atomic E-state index is 0.140. The van der Waals surface area contributed by atoms with Crippen LogP contribution in [0.25, 0.3) is 22.5 Å². The van der Waals surface area contributed by atoms with Crippen molar-refractivity contribution in [1.29, 1.82) is 5.26 Å². The summed E-state index contributed by atoms with van der Waals surface area (Å²) in [6, 6.07) is 12.7. The number of rotatable bonds is 6. The van der Waals surface area contributed by atoms with Gasteiger partial charge in [-0.25, -0.2) is 0 Å². The molecule has 196 valence electrons. The predicted octanol–water partition coefficient (Wildman–Crippen LogP) is 7.33. The molecule has 1 aromatic carbocycles. The number of carbonyl (C=O) groups is 1. The maximum absolute atomic E-state index is 12.9. The minimum atomic E-state index is -0.140. The van der Waals surface area contributed by atoms with Gasteiger partial charge in [-0.1, -0.05) is 62.9 Å². The summed E-state index contributed by atoms with van der Waals surface area (Å²) < 4.78 is 1.95. The highest BCUT2D eigenvalue weighted by Crippen LogP contribution is 2.44. The van der Waals surface area contributed by atoms with Crippen LogP contribution >= 0.6 is 34.4 Å². The number of benzene rings is 1. The van der Waals surface area contributed by atoms with Crippen LogP contribution in [-0.2, 0) is 24.7 Å². The SMILES string of the molecule is Cc1scc(-c2nnc(SCC(=O)Nc3sc4c(c3C#N)CCC(C(C)(C)C)C4)n2C)c1-c1ccccc1. The molecule has 1 aliphatic rings. The Labute approximate surface area is 236 Å². The summed E-state index contributed by atoms with van der Waals surface area (Å²) in [4.78, 5) is 15.4. The molecular formula is C29H31N5OS3. The lowest BCUT2D eigenvalue weighted by molar-refractivity contribution is -0.113. The lowest BCUT2D eigenvalue weighted by Gasteiger charge is -2.33. The Balaban J connectivity index is 1.29. The van der Waals surface area contributed by atoms with E-state index >= 15 is 0 Å². The second-order valence-corrected chi connectivity index (χ2v) is 13.9. The van der Waals surface area contributed by atoms with Crippen molar-refractivity contribution in [2.24, 2.45) is 18.4 Å². The van der Waals surface area contributed by atoms with Gasteiger partial charge in [0, 0.05) is 33.3 Å². The normalized spacial score (nSPS) is 15.2. The van der Waals surface area contributed by atoms with Gasteiger partial charge in [-0.2, -0.15) is 5.26 Å². The molecule has 1 unspecified atom stereocenters. The molecule has 0 bridgehead atoms. The van der Waals surface area contributed by atoms with Gasteiger partial charge in [-0.15, -0.1) is 32.9 Å². The summed E-state index contributed by atoms with van der Waals surface area (Å²) in [6.45, 7) is 8.96.